The van der Waals surface area contributed by atoms with Crippen LogP contribution in [0.2, 0.25) is 0 Å². The Bertz CT molecular complexity index is 729. The first-order valence-electron chi connectivity index (χ1n) is 6.82. The van der Waals surface area contributed by atoms with Gasteiger partial charge >= 0.3 is 0 Å². The standard InChI is InChI=1S/C16H18BrNO2S/c1-3-12(2)13-8-4-6-10-15(13)18-21(19,20)16-11-7-5-9-14(16)17/h4-12,18H,3H2,1-2H3. The van der Waals surface area contributed by atoms with E-state index in [1.807, 2.05) is 18.2 Å². The molecular weight excluding hydrogens is 350 g/mol. The molecule has 0 bridgehead atoms. The van der Waals surface area contributed by atoms with Gasteiger partial charge in [0, 0.05) is 4.47 Å². The van der Waals surface area contributed by atoms with Gasteiger partial charge in [0.1, 0.15) is 4.90 Å². The molecule has 0 spiro atoms. The molecule has 2 aromatic rings. The van der Waals surface area contributed by atoms with Crippen LogP contribution in [-0.4, -0.2) is 8.42 Å². The highest BCUT2D eigenvalue weighted by molar-refractivity contribution is 9.10. The van der Waals surface area contributed by atoms with Gasteiger partial charge in [-0.1, -0.05) is 44.2 Å². The Kier molecular flexibility index (Phi) is 5.06. The number of hydrogen-bond donors (Lipinski definition) is 1. The van der Waals surface area contributed by atoms with Gasteiger partial charge in [-0.3, -0.25) is 4.72 Å². The summed E-state index contributed by atoms with van der Waals surface area (Å²) >= 11 is 3.29. The quantitative estimate of drug-likeness (QED) is 0.827. The van der Waals surface area contributed by atoms with E-state index < -0.39 is 10.0 Å². The molecule has 0 saturated heterocycles. The van der Waals surface area contributed by atoms with Crippen molar-refractivity contribution in [3.05, 3.63) is 58.6 Å². The predicted octanol–water partition coefficient (Wildman–Crippen LogP) is 4.76. The van der Waals surface area contributed by atoms with Gasteiger partial charge in [-0.25, -0.2) is 8.42 Å². The maximum absolute atomic E-state index is 12.5. The minimum atomic E-state index is -3.61. The number of anilines is 1. The fraction of sp³-hybridized carbons (Fsp3) is 0.250. The molecule has 0 aliphatic rings. The molecular formula is C16H18BrNO2S. The molecule has 0 aliphatic carbocycles. The summed E-state index contributed by atoms with van der Waals surface area (Å²) < 4.78 is 28.3. The minimum Gasteiger partial charge on any atom is -0.279 e. The molecule has 112 valence electrons. The SMILES string of the molecule is CCC(C)c1ccccc1NS(=O)(=O)c1ccccc1Br. The van der Waals surface area contributed by atoms with Gasteiger partial charge < -0.3 is 0 Å². The van der Waals surface area contributed by atoms with Crippen molar-refractivity contribution >= 4 is 31.6 Å². The normalized spacial score (nSPS) is 12.9. The molecule has 0 aromatic heterocycles. The molecule has 3 nitrogen and oxygen atoms in total. The second kappa shape index (κ2) is 6.62. The molecule has 1 N–H and O–H groups in total. The van der Waals surface area contributed by atoms with Crippen molar-refractivity contribution in [2.24, 2.45) is 0 Å². The van der Waals surface area contributed by atoms with Gasteiger partial charge in [0.2, 0.25) is 0 Å². The number of benzene rings is 2. The highest BCUT2D eigenvalue weighted by Crippen LogP contribution is 2.29. The van der Waals surface area contributed by atoms with E-state index in [-0.39, 0.29) is 4.90 Å². The first kappa shape index (κ1) is 16.0. The molecule has 0 radical (unpaired) electrons. The number of para-hydroxylation sites is 1. The van der Waals surface area contributed by atoms with Crippen LogP contribution in [0.3, 0.4) is 0 Å². The average Bonchev–Trinajstić information content (AvgIpc) is 2.47. The second-order valence-corrected chi connectivity index (χ2v) is 7.44. The summed E-state index contributed by atoms with van der Waals surface area (Å²) in [5.74, 6) is 0.295. The summed E-state index contributed by atoms with van der Waals surface area (Å²) in [6.07, 6.45) is 0.952. The lowest BCUT2D eigenvalue weighted by Crippen LogP contribution is -2.15. The molecule has 0 aliphatic heterocycles. The average molecular weight is 368 g/mol. The largest absolute Gasteiger partial charge is 0.279 e. The molecule has 2 aromatic carbocycles. The molecule has 0 saturated carbocycles. The Hall–Kier alpha value is -1.33. The van der Waals surface area contributed by atoms with Crippen molar-refractivity contribution in [2.45, 2.75) is 31.1 Å². The first-order valence-corrected chi connectivity index (χ1v) is 9.09. The van der Waals surface area contributed by atoms with Crippen LogP contribution in [0.5, 0.6) is 0 Å². The van der Waals surface area contributed by atoms with E-state index in [1.54, 1.807) is 30.3 Å². The Labute approximate surface area is 134 Å². The number of nitrogens with one attached hydrogen (secondary N) is 1. The highest BCUT2D eigenvalue weighted by atomic mass is 79.9. The minimum absolute atomic E-state index is 0.240. The zero-order valence-corrected chi connectivity index (χ0v) is 14.4. The van der Waals surface area contributed by atoms with Crippen LogP contribution in [0.4, 0.5) is 5.69 Å². The van der Waals surface area contributed by atoms with Gasteiger partial charge in [0.25, 0.3) is 10.0 Å². The summed E-state index contributed by atoms with van der Waals surface area (Å²) in [6, 6.07) is 14.3. The molecule has 1 unspecified atom stereocenters. The number of halogens is 1. The van der Waals surface area contributed by atoms with Crippen LogP contribution >= 0.6 is 15.9 Å². The van der Waals surface area contributed by atoms with E-state index >= 15 is 0 Å². The van der Waals surface area contributed by atoms with Gasteiger partial charge in [-0.05, 0) is 52.0 Å². The molecule has 2 rings (SSSR count). The fourth-order valence-corrected chi connectivity index (χ4v) is 4.19. The zero-order chi connectivity index (χ0) is 15.5. The van der Waals surface area contributed by atoms with Crippen molar-refractivity contribution in [3.63, 3.8) is 0 Å². The van der Waals surface area contributed by atoms with E-state index in [2.05, 4.69) is 34.5 Å². The number of sulfonamides is 1. The van der Waals surface area contributed by atoms with Crippen LogP contribution in [-0.2, 0) is 10.0 Å². The Balaban J connectivity index is 2.41. The summed E-state index contributed by atoms with van der Waals surface area (Å²) in [7, 11) is -3.61. The van der Waals surface area contributed by atoms with Crippen molar-refractivity contribution < 1.29 is 8.42 Å². The van der Waals surface area contributed by atoms with E-state index in [0.717, 1.165) is 12.0 Å². The third-order valence-corrected chi connectivity index (χ3v) is 5.85. The first-order chi connectivity index (χ1) is 9.95. The van der Waals surface area contributed by atoms with Gasteiger partial charge in [-0.15, -0.1) is 0 Å². The van der Waals surface area contributed by atoms with Gasteiger partial charge in [0.05, 0.1) is 5.69 Å². The number of rotatable bonds is 5. The molecule has 21 heavy (non-hydrogen) atoms. The van der Waals surface area contributed by atoms with Gasteiger partial charge in [0.15, 0.2) is 0 Å². The second-order valence-electron chi connectivity index (χ2n) is 4.93. The Morgan fingerprint density at radius 2 is 1.71 bits per heavy atom. The smallest absolute Gasteiger partial charge is 0.263 e. The highest BCUT2D eigenvalue weighted by Gasteiger charge is 2.19. The lowest BCUT2D eigenvalue weighted by molar-refractivity contribution is 0.600. The molecule has 0 fully saturated rings. The molecule has 0 amide bonds. The molecule has 5 heteroatoms. The van der Waals surface area contributed by atoms with Crippen molar-refractivity contribution in [1.82, 2.24) is 0 Å². The third kappa shape index (κ3) is 3.66. The fourth-order valence-electron chi connectivity index (χ4n) is 2.10. The van der Waals surface area contributed by atoms with Crippen LogP contribution in [0.15, 0.2) is 57.9 Å². The molecule has 1 atom stereocenters. The van der Waals surface area contributed by atoms with Crippen LogP contribution in [0.1, 0.15) is 31.7 Å². The summed E-state index contributed by atoms with van der Waals surface area (Å²) in [5, 5.41) is 0. The van der Waals surface area contributed by atoms with E-state index in [1.165, 1.54) is 0 Å². The van der Waals surface area contributed by atoms with Gasteiger partial charge in [-0.2, -0.15) is 0 Å². The summed E-state index contributed by atoms with van der Waals surface area (Å²) in [4.78, 5) is 0.240. The maximum atomic E-state index is 12.5. The lowest BCUT2D eigenvalue weighted by atomic mass is 9.97. The van der Waals surface area contributed by atoms with Crippen LogP contribution in [0, 0.1) is 0 Å². The zero-order valence-electron chi connectivity index (χ0n) is 12.0. The summed E-state index contributed by atoms with van der Waals surface area (Å²) in [6.45, 7) is 4.18. The molecule has 0 heterocycles. The van der Waals surface area contributed by atoms with Crippen LogP contribution in [0.25, 0.3) is 0 Å². The Morgan fingerprint density at radius 3 is 2.38 bits per heavy atom. The van der Waals surface area contributed by atoms with Crippen molar-refractivity contribution in [1.29, 1.82) is 0 Å². The van der Waals surface area contributed by atoms with E-state index in [0.29, 0.717) is 16.1 Å². The monoisotopic (exact) mass is 367 g/mol. The Morgan fingerprint density at radius 1 is 1.10 bits per heavy atom. The summed E-state index contributed by atoms with van der Waals surface area (Å²) in [5.41, 5.74) is 1.65. The third-order valence-electron chi connectivity index (χ3n) is 3.47. The van der Waals surface area contributed by atoms with E-state index in [4.69, 9.17) is 0 Å². The predicted molar refractivity (Wildman–Crippen MR) is 90.1 cm³/mol. The van der Waals surface area contributed by atoms with Crippen molar-refractivity contribution in [2.75, 3.05) is 4.72 Å². The topological polar surface area (TPSA) is 46.2 Å². The maximum Gasteiger partial charge on any atom is 0.263 e. The van der Waals surface area contributed by atoms with E-state index in [9.17, 15) is 8.42 Å². The van der Waals surface area contributed by atoms with Crippen molar-refractivity contribution in [3.8, 4) is 0 Å². The number of hydrogen-bond acceptors (Lipinski definition) is 2. The lowest BCUT2D eigenvalue weighted by Gasteiger charge is -2.17. The van der Waals surface area contributed by atoms with Crippen LogP contribution < -0.4 is 4.72 Å².